The van der Waals surface area contributed by atoms with Crippen LogP contribution in [0.2, 0.25) is 0 Å². The van der Waals surface area contributed by atoms with Gasteiger partial charge in [0.05, 0.1) is 0 Å². The van der Waals surface area contributed by atoms with E-state index in [-0.39, 0.29) is 5.91 Å². The number of piperidine rings is 1. The lowest BCUT2D eigenvalue weighted by molar-refractivity contribution is -0.143. The van der Waals surface area contributed by atoms with Crippen LogP contribution in [0, 0.1) is 5.41 Å². The summed E-state index contributed by atoms with van der Waals surface area (Å²) >= 11 is 0. The summed E-state index contributed by atoms with van der Waals surface area (Å²) in [6.45, 7) is 1.95. The summed E-state index contributed by atoms with van der Waals surface area (Å²) in [7, 11) is 0. The molecule has 0 unspecified atom stereocenters. The number of primary amides is 1. The maximum atomic E-state index is 12.5. The fourth-order valence-electron chi connectivity index (χ4n) is 3.38. The number of amides is 2. The second kappa shape index (κ2) is 5.72. The van der Waals surface area contributed by atoms with Crippen molar-refractivity contribution >= 4 is 11.8 Å². The van der Waals surface area contributed by atoms with Gasteiger partial charge in [0.25, 0.3) is 0 Å². The van der Waals surface area contributed by atoms with Gasteiger partial charge in [0.15, 0.2) is 0 Å². The van der Waals surface area contributed by atoms with Gasteiger partial charge in [-0.1, -0.05) is 24.3 Å². The zero-order valence-corrected chi connectivity index (χ0v) is 12.8. The van der Waals surface area contributed by atoms with Crippen LogP contribution < -0.4 is 11.5 Å². The van der Waals surface area contributed by atoms with E-state index in [0.29, 0.717) is 38.4 Å². The van der Waals surface area contributed by atoms with Crippen LogP contribution in [0.4, 0.5) is 0 Å². The molecule has 0 aromatic heterocycles. The normalized spacial score (nSPS) is 20.7. The standard InChI is InChI=1S/C17H23N3O2/c18-11-12-2-1-3-14(10-12)13-4-8-20(9-5-13)16(22)17(6-7-17)15(19)21/h1-3,10,13H,4-9,11,18H2,(H2,19,21). The molecule has 5 heteroatoms. The van der Waals surface area contributed by atoms with Gasteiger partial charge in [0, 0.05) is 19.6 Å². The number of nitrogens with zero attached hydrogens (tertiary/aromatic N) is 1. The highest BCUT2D eigenvalue weighted by Gasteiger charge is 2.57. The van der Waals surface area contributed by atoms with Crippen molar-refractivity contribution in [3.63, 3.8) is 0 Å². The molecule has 1 heterocycles. The lowest BCUT2D eigenvalue weighted by atomic mass is 9.88. The van der Waals surface area contributed by atoms with Gasteiger partial charge in [-0.2, -0.15) is 0 Å². The highest BCUT2D eigenvalue weighted by atomic mass is 16.2. The Balaban J connectivity index is 1.63. The summed E-state index contributed by atoms with van der Waals surface area (Å²) in [5.41, 5.74) is 12.6. The minimum Gasteiger partial charge on any atom is -0.369 e. The molecular formula is C17H23N3O2. The SMILES string of the molecule is NCc1cccc(C2CCN(C(=O)C3(C(N)=O)CC3)CC2)c1. The number of hydrogen-bond acceptors (Lipinski definition) is 3. The van der Waals surface area contributed by atoms with Gasteiger partial charge >= 0.3 is 0 Å². The maximum Gasteiger partial charge on any atom is 0.238 e. The van der Waals surface area contributed by atoms with Crippen LogP contribution >= 0.6 is 0 Å². The Morgan fingerprint density at radius 2 is 1.91 bits per heavy atom. The molecule has 2 aliphatic rings. The summed E-state index contributed by atoms with van der Waals surface area (Å²) < 4.78 is 0. The molecule has 5 nitrogen and oxygen atoms in total. The first kappa shape index (κ1) is 15.0. The highest BCUT2D eigenvalue weighted by Crippen LogP contribution is 2.47. The Morgan fingerprint density at radius 1 is 1.23 bits per heavy atom. The molecule has 118 valence electrons. The van der Waals surface area contributed by atoms with Crippen molar-refractivity contribution in [2.24, 2.45) is 16.9 Å². The highest BCUT2D eigenvalue weighted by molar-refractivity contribution is 6.07. The number of likely N-dealkylation sites (tertiary alicyclic amines) is 1. The van der Waals surface area contributed by atoms with Crippen molar-refractivity contribution in [1.82, 2.24) is 4.90 Å². The number of carbonyl (C=O) groups excluding carboxylic acids is 2. The first-order valence-corrected chi connectivity index (χ1v) is 7.95. The Labute approximate surface area is 130 Å². The van der Waals surface area contributed by atoms with Crippen LogP contribution in [0.1, 0.15) is 42.7 Å². The monoisotopic (exact) mass is 301 g/mol. The number of benzene rings is 1. The number of carbonyl (C=O) groups is 2. The Morgan fingerprint density at radius 3 is 2.45 bits per heavy atom. The molecule has 4 N–H and O–H groups in total. The minimum atomic E-state index is -0.883. The average molecular weight is 301 g/mol. The molecule has 1 aliphatic heterocycles. The third-order valence-electron chi connectivity index (χ3n) is 5.07. The van der Waals surface area contributed by atoms with E-state index in [1.54, 1.807) is 0 Å². The molecule has 1 aromatic rings. The molecule has 2 amide bonds. The van der Waals surface area contributed by atoms with Crippen molar-refractivity contribution in [3.8, 4) is 0 Å². The summed E-state index contributed by atoms with van der Waals surface area (Å²) in [5.74, 6) is -0.0660. The smallest absolute Gasteiger partial charge is 0.238 e. The minimum absolute atomic E-state index is 0.0610. The topological polar surface area (TPSA) is 89.4 Å². The summed E-state index contributed by atoms with van der Waals surface area (Å²) in [4.78, 5) is 25.8. The Hall–Kier alpha value is -1.88. The van der Waals surface area contributed by atoms with E-state index in [1.165, 1.54) is 5.56 Å². The Bertz CT molecular complexity index is 587. The van der Waals surface area contributed by atoms with Gasteiger partial charge in [-0.15, -0.1) is 0 Å². The van der Waals surface area contributed by atoms with Crippen LogP contribution in [0.5, 0.6) is 0 Å². The number of nitrogens with two attached hydrogens (primary N) is 2. The van der Waals surface area contributed by atoms with Crippen LogP contribution in [-0.2, 0) is 16.1 Å². The molecule has 1 saturated heterocycles. The van der Waals surface area contributed by atoms with Crippen molar-refractivity contribution in [2.75, 3.05) is 13.1 Å². The summed E-state index contributed by atoms with van der Waals surface area (Å²) in [5, 5.41) is 0. The number of hydrogen-bond donors (Lipinski definition) is 2. The molecule has 3 rings (SSSR count). The molecular weight excluding hydrogens is 278 g/mol. The second-order valence-corrected chi connectivity index (χ2v) is 6.46. The van der Waals surface area contributed by atoms with Crippen molar-refractivity contribution in [2.45, 2.75) is 38.1 Å². The van der Waals surface area contributed by atoms with Gasteiger partial charge in [0.1, 0.15) is 5.41 Å². The third kappa shape index (κ3) is 2.61. The lowest BCUT2D eigenvalue weighted by Crippen LogP contribution is -2.46. The van der Waals surface area contributed by atoms with Gasteiger partial charge < -0.3 is 16.4 Å². The predicted molar refractivity (Wildman–Crippen MR) is 83.7 cm³/mol. The summed E-state index contributed by atoms with van der Waals surface area (Å²) in [6, 6.07) is 8.37. The van der Waals surface area contributed by atoms with Gasteiger partial charge in [-0.3, -0.25) is 9.59 Å². The van der Waals surface area contributed by atoms with Gasteiger partial charge in [0.2, 0.25) is 11.8 Å². The average Bonchev–Trinajstić information content (AvgIpc) is 3.36. The van der Waals surface area contributed by atoms with Crippen LogP contribution in [-0.4, -0.2) is 29.8 Å². The van der Waals surface area contributed by atoms with Crippen LogP contribution in [0.15, 0.2) is 24.3 Å². The lowest BCUT2D eigenvalue weighted by Gasteiger charge is -2.34. The van der Waals surface area contributed by atoms with Crippen molar-refractivity contribution < 1.29 is 9.59 Å². The van der Waals surface area contributed by atoms with Crippen molar-refractivity contribution in [1.29, 1.82) is 0 Å². The third-order valence-corrected chi connectivity index (χ3v) is 5.07. The molecule has 1 saturated carbocycles. The summed E-state index contributed by atoms with van der Waals surface area (Å²) in [6.07, 6.45) is 3.07. The molecule has 22 heavy (non-hydrogen) atoms. The molecule has 2 fully saturated rings. The first-order valence-electron chi connectivity index (χ1n) is 7.95. The van der Waals surface area contributed by atoms with E-state index in [9.17, 15) is 9.59 Å². The molecule has 0 spiro atoms. The molecule has 1 aromatic carbocycles. The predicted octanol–water partition coefficient (Wildman–Crippen LogP) is 1.12. The zero-order chi connectivity index (χ0) is 15.7. The van der Waals surface area contributed by atoms with E-state index < -0.39 is 11.3 Å². The quantitative estimate of drug-likeness (QED) is 0.817. The van der Waals surface area contributed by atoms with Gasteiger partial charge in [-0.05, 0) is 42.7 Å². The van der Waals surface area contributed by atoms with E-state index in [4.69, 9.17) is 11.5 Å². The fourth-order valence-corrected chi connectivity index (χ4v) is 3.38. The molecule has 0 bridgehead atoms. The van der Waals surface area contributed by atoms with E-state index in [1.807, 2.05) is 17.0 Å². The van der Waals surface area contributed by atoms with E-state index in [0.717, 1.165) is 18.4 Å². The largest absolute Gasteiger partial charge is 0.369 e. The zero-order valence-electron chi connectivity index (χ0n) is 12.8. The van der Waals surface area contributed by atoms with E-state index >= 15 is 0 Å². The van der Waals surface area contributed by atoms with Crippen LogP contribution in [0.25, 0.3) is 0 Å². The maximum absolute atomic E-state index is 12.5. The van der Waals surface area contributed by atoms with Crippen LogP contribution in [0.3, 0.4) is 0 Å². The fraction of sp³-hybridized carbons (Fsp3) is 0.529. The molecule has 1 aliphatic carbocycles. The molecule has 0 radical (unpaired) electrons. The second-order valence-electron chi connectivity index (χ2n) is 6.46. The first-order chi connectivity index (χ1) is 10.6. The van der Waals surface area contributed by atoms with Gasteiger partial charge in [-0.25, -0.2) is 0 Å². The molecule has 0 atom stereocenters. The number of rotatable bonds is 4. The van der Waals surface area contributed by atoms with E-state index in [2.05, 4.69) is 12.1 Å². The Kier molecular flexibility index (Phi) is 3.91. The van der Waals surface area contributed by atoms with Crippen molar-refractivity contribution in [3.05, 3.63) is 35.4 Å².